The highest BCUT2D eigenvalue weighted by Gasteiger charge is 2.26. The topological polar surface area (TPSA) is 101 Å². The molecule has 0 aliphatic carbocycles. The summed E-state index contributed by atoms with van der Waals surface area (Å²) in [7, 11) is 1.22. The Morgan fingerprint density at radius 2 is 2.13 bits per heavy atom. The van der Waals surface area contributed by atoms with Crippen molar-refractivity contribution in [3.8, 4) is 5.75 Å². The summed E-state index contributed by atoms with van der Waals surface area (Å²) in [5.41, 5.74) is 4.83. The summed E-state index contributed by atoms with van der Waals surface area (Å²) >= 11 is -1.45. The Bertz CT molecular complexity index is 758. The SMILES string of the molecule is CC[S+]([O-])c1ncc(C(=O)c2c(OC)ccc(F)c2F)c(N)n1. The Morgan fingerprint density at radius 3 is 2.70 bits per heavy atom. The normalized spacial score (nSPS) is 12.0. The second-order valence-electron chi connectivity index (χ2n) is 4.35. The van der Waals surface area contributed by atoms with E-state index in [1.807, 2.05) is 0 Å². The second kappa shape index (κ2) is 6.88. The molecule has 2 aromatic rings. The molecule has 0 amide bonds. The van der Waals surface area contributed by atoms with Gasteiger partial charge in [0, 0.05) is 17.4 Å². The summed E-state index contributed by atoms with van der Waals surface area (Å²) in [6, 6.07) is 1.97. The number of aromatic nitrogens is 2. The molecule has 0 fully saturated rings. The molecular weight excluding hydrogens is 328 g/mol. The number of rotatable bonds is 5. The number of nitrogens with zero attached hydrogens (tertiary/aromatic N) is 2. The second-order valence-corrected chi connectivity index (χ2v) is 5.99. The Morgan fingerprint density at radius 1 is 1.43 bits per heavy atom. The first-order valence-corrected chi connectivity index (χ1v) is 7.80. The van der Waals surface area contributed by atoms with Crippen molar-refractivity contribution >= 4 is 22.8 Å². The maximum atomic E-state index is 14.0. The molecule has 2 rings (SSSR count). The van der Waals surface area contributed by atoms with Crippen molar-refractivity contribution in [3.05, 3.63) is 41.1 Å². The monoisotopic (exact) mass is 341 g/mol. The van der Waals surface area contributed by atoms with Gasteiger partial charge >= 0.3 is 5.16 Å². The quantitative estimate of drug-likeness (QED) is 0.505. The van der Waals surface area contributed by atoms with Crippen molar-refractivity contribution in [2.75, 3.05) is 18.6 Å². The van der Waals surface area contributed by atoms with Crippen LogP contribution in [0.5, 0.6) is 5.75 Å². The minimum atomic E-state index is -1.45. The van der Waals surface area contributed by atoms with Crippen molar-refractivity contribution in [2.45, 2.75) is 12.1 Å². The third-order valence-corrected chi connectivity index (χ3v) is 4.14. The highest BCUT2D eigenvalue weighted by molar-refractivity contribution is 7.91. The van der Waals surface area contributed by atoms with Gasteiger partial charge in [0.15, 0.2) is 11.6 Å². The van der Waals surface area contributed by atoms with E-state index in [1.54, 1.807) is 6.92 Å². The molecule has 122 valence electrons. The molecule has 0 radical (unpaired) electrons. The average molecular weight is 341 g/mol. The van der Waals surface area contributed by atoms with Crippen molar-refractivity contribution in [1.29, 1.82) is 0 Å². The zero-order valence-corrected chi connectivity index (χ0v) is 13.1. The average Bonchev–Trinajstić information content (AvgIpc) is 2.55. The standard InChI is InChI=1S/C14H13F2N3O3S/c1-3-23(21)14-18-6-7(13(17)19-14)12(20)10-9(22-2)5-4-8(15)11(10)16/h4-6H,3H2,1-2H3,(H2,17,18,19). The zero-order valence-electron chi connectivity index (χ0n) is 12.3. The van der Waals surface area contributed by atoms with E-state index in [-0.39, 0.29) is 28.0 Å². The molecule has 0 spiro atoms. The van der Waals surface area contributed by atoms with Crippen molar-refractivity contribution in [3.63, 3.8) is 0 Å². The molecule has 0 saturated carbocycles. The Hall–Kier alpha value is -2.26. The highest BCUT2D eigenvalue weighted by atomic mass is 32.2. The van der Waals surface area contributed by atoms with Crippen LogP contribution in [0, 0.1) is 11.6 Å². The fourth-order valence-electron chi connectivity index (χ4n) is 1.84. The molecule has 1 aromatic heterocycles. The summed E-state index contributed by atoms with van der Waals surface area (Å²) < 4.78 is 43.9. The van der Waals surface area contributed by atoms with Gasteiger partial charge in [-0.2, -0.15) is 9.97 Å². The summed E-state index contributed by atoms with van der Waals surface area (Å²) in [6.07, 6.45) is 1.04. The number of methoxy groups -OCH3 is 1. The minimum Gasteiger partial charge on any atom is -0.609 e. The van der Waals surface area contributed by atoms with Gasteiger partial charge in [0.2, 0.25) is 5.78 Å². The van der Waals surface area contributed by atoms with E-state index in [9.17, 15) is 18.1 Å². The lowest BCUT2D eigenvalue weighted by Crippen LogP contribution is -2.16. The van der Waals surface area contributed by atoms with Gasteiger partial charge in [0.1, 0.15) is 22.9 Å². The summed E-state index contributed by atoms with van der Waals surface area (Å²) in [5.74, 6) is -3.61. The minimum absolute atomic E-state index is 0.0340. The number of carbonyl (C=O) groups is 1. The third kappa shape index (κ3) is 3.25. The van der Waals surface area contributed by atoms with Crippen LogP contribution in [0.3, 0.4) is 0 Å². The van der Waals surface area contributed by atoms with Crippen molar-refractivity contribution in [2.24, 2.45) is 0 Å². The summed E-state index contributed by atoms with van der Waals surface area (Å²) in [5, 5.41) is -0.0340. The molecular formula is C14H13F2N3O3S. The van der Waals surface area contributed by atoms with Gasteiger partial charge in [-0.3, -0.25) is 4.79 Å². The van der Waals surface area contributed by atoms with Gasteiger partial charge in [-0.05, 0) is 19.1 Å². The van der Waals surface area contributed by atoms with E-state index >= 15 is 0 Å². The maximum Gasteiger partial charge on any atom is 0.344 e. The van der Waals surface area contributed by atoms with Gasteiger partial charge < -0.3 is 15.0 Å². The number of benzene rings is 1. The number of nitrogens with two attached hydrogens (primary N) is 1. The smallest absolute Gasteiger partial charge is 0.344 e. The van der Waals surface area contributed by atoms with Crippen LogP contribution < -0.4 is 10.5 Å². The summed E-state index contributed by atoms with van der Waals surface area (Å²) in [4.78, 5) is 20.0. The molecule has 6 nitrogen and oxygen atoms in total. The molecule has 2 N–H and O–H groups in total. The molecule has 1 aromatic carbocycles. The van der Waals surface area contributed by atoms with Crippen LogP contribution in [0.15, 0.2) is 23.5 Å². The maximum absolute atomic E-state index is 14.0. The Balaban J connectivity index is 2.52. The van der Waals surface area contributed by atoms with Crippen LogP contribution in [-0.4, -0.2) is 33.2 Å². The highest BCUT2D eigenvalue weighted by Crippen LogP contribution is 2.27. The van der Waals surface area contributed by atoms with E-state index in [0.717, 1.165) is 18.3 Å². The van der Waals surface area contributed by atoms with E-state index in [0.29, 0.717) is 0 Å². The van der Waals surface area contributed by atoms with Crippen LogP contribution >= 0.6 is 0 Å². The lowest BCUT2D eigenvalue weighted by atomic mass is 10.0. The van der Waals surface area contributed by atoms with Gasteiger partial charge in [0.25, 0.3) is 0 Å². The lowest BCUT2D eigenvalue weighted by molar-refractivity contribution is 0.103. The first-order chi connectivity index (χ1) is 10.9. The number of ketones is 1. The molecule has 0 saturated heterocycles. The molecule has 0 aliphatic heterocycles. The number of nitrogen functional groups attached to an aromatic ring is 1. The first-order valence-electron chi connectivity index (χ1n) is 6.48. The third-order valence-electron chi connectivity index (χ3n) is 3.01. The van der Waals surface area contributed by atoms with Crippen molar-refractivity contribution < 1.29 is 22.9 Å². The number of carbonyl (C=O) groups excluding carboxylic acids is 1. The largest absolute Gasteiger partial charge is 0.609 e. The number of hydrogen-bond acceptors (Lipinski definition) is 6. The Labute approximate surface area is 133 Å². The van der Waals surface area contributed by atoms with Gasteiger partial charge in [0.05, 0.1) is 12.7 Å². The van der Waals surface area contributed by atoms with Crippen LogP contribution in [-0.2, 0) is 11.2 Å². The fraction of sp³-hybridized carbons (Fsp3) is 0.214. The predicted molar refractivity (Wildman–Crippen MR) is 79.7 cm³/mol. The molecule has 1 unspecified atom stereocenters. The van der Waals surface area contributed by atoms with Crippen LogP contribution in [0.1, 0.15) is 22.8 Å². The summed E-state index contributed by atoms with van der Waals surface area (Å²) in [6.45, 7) is 1.67. The molecule has 23 heavy (non-hydrogen) atoms. The zero-order chi connectivity index (χ0) is 17.1. The van der Waals surface area contributed by atoms with Crippen LogP contribution in [0.4, 0.5) is 14.6 Å². The Kier molecular flexibility index (Phi) is 5.12. The molecule has 0 aliphatic rings. The predicted octanol–water partition coefficient (Wildman–Crippen LogP) is 1.70. The van der Waals surface area contributed by atoms with E-state index in [1.165, 1.54) is 7.11 Å². The fourth-order valence-corrected chi connectivity index (χ4v) is 2.47. The van der Waals surface area contributed by atoms with Gasteiger partial charge in [-0.1, -0.05) is 0 Å². The van der Waals surface area contributed by atoms with E-state index < -0.39 is 34.2 Å². The molecule has 9 heteroatoms. The van der Waals surface area contributed by atoms with Crippen LogP contribution in [0.2, 0.25) is 0 Å². The number of hydrogen-bond donors (Lipinski definition) is 1. The number of halogens is 2. The van der Waals surface area contributed by atoms with E-state index in [2.05, 4.69) is 9.97 Å². The van der Waals surface area contributed by atoms with E-state index in [4.69, 9.17) is 10.5 Å². The van der Waals surface area contributed by atoms with Gasteiger partial charge in [-0.25, -0.2) is 8.78 Å². The lowest BCUT2D eigenvalue weighted by Gasteiger charge is -2.11. The van der Waals surface area contributed by atoms with Crippen LogP contribution in [0.25, 0.3) is 0 Å². The van der Waals surface area contributed by atoms with Gasteiger partial charge in [-0.15, -0.1) is 0 Å². The molecule has 0 bridgehead atoms. The molecule has 1 heterocycles. The number of anilines is 1. The number of ether oxygens (including phenoxy) is 1. The van der Waals surface area contributed by atoms with Crippen molar-refractivity contribution in [1.82, 2.24) is 9.97 Å². The first kappa shape index (κ1) is 17.1. The molecule has 1 atom stereocenters.